The third kappa shape index (κ3) is 1.79. The third-order valence-corrected chi connectivity index (χ3v) is 1.51. The zero-order valence-electron chi connectivity index (χ0n) is 6.66. The first-order valence-corrected chi connectivity index (χ1v) is 3.69. The highest BCUT2D eigenvalue weighted by Gasteiger charge is 2.07. The molecule has 0 unspecified atom stereocenters. The van der Waals surface area contributed by atoms with E-state index in [0.717, 1.165) is 0 Å². The monoisotopic (exact) mass is 165 g/mol. The number of anilines is 1. The Labute approximate surface area is 70.6 Å². The zero-order valence-corrected chi connectivity index (χ0v) is 6.66. The van der Waals surface area contributed by atoms with Crippen LogP contribution in [-0.2, 0) is 0 Å². The number of carbonyl (C=O) groups is 1. The summed E-state index contributed by atoms with van der Waals surface area (Å²) in [5.41, 5.74) is 11.2. The first kappa shape index (κ1) is 8.67. The lowest BCUT2D eigenvalue weighted by atomic mass is 10.1. The zero-order chi connectivity index (χ0) is 8.97. The number of nitrogen functional groups attached to an aromatic ring is 1. The fraction of sp³-hybridized carbons (Fsp3) is 0.250. The number of pyridine rings is 1. The number of ketones is 1. The lowest BCUT2D eigenvalue weighted by Gasteiger charge is -2.00. The topological polar surface area (TPSA) is 82.0 Å². The molecule has 0 saturated heterocycles. The van der Waals surface area contributed by atoms with Gasteiger partial charge in [-0.2, -0.15) is 0 Å². The second-order valence-electron chi connectivity index (χ2n) is 2.40. The molecule has 0 aromatic carbocycles. The minimum absolute atomic E-state index is 0.0527. The van der Waals surface area contributed by atoms with Crippen molar-refractivity contribution in [2.45, 2.75) is 6.42 Å². The summed E-state index contributed by atoms with van der Waals surface area (Å²) in [5, 5.41) is 0. The van der Waals surface area contributed by atoms with Gasteiger partial charge in [-0.25, -0.2) is 4.98 Å². The molecule has 4 N–H and O–H groups in total. The average molecular weight is 165 g/mol. The van der Waals surface area contributed by atoms with Gasteiger partial charge in [-0.05, 0) is 18.7 Å². The van der Waals surface area contributed by atoms with E-state index in [4.69, 9.17) is 11.5 Å². The van der Waals surface area contributed by atoms with Gasteiger partial charge in [0.2, 0.25) is 0 Å². The van der Waals surface area contributed by atoms with E-state index in [1.807, 2.05) is 0 Å². The number of nitrogens with two attached hydrogens (primary N) is 2. The van der Waals surface area contributed by atoms with Crippen molar-refractivity contribution in [3.05, 3.63) is 23.9 Å². The molecule has 4 nitrogen and oxygen atoms in total. The van der Waals surface area contributed by atoms with E-state index in [0.29, 0.717) is 18.5 Å². The largest absolute Gasteiger partial charge is 0.383 e. The van der Waals surface area contributed by atoms with Crippen molar-refractivity contribution in [2.24, 2.45) is 5.73 Å². The minimum atomic E-state index is -0.0527. The molecule has 4 heteroatoms. The fourth-order valence-electron chi connectivity index (χ4n) is 0.919. The highest BCUT2D eigenvalue weighted by molar-refractivity contribution is 5.99. The molecule has 0 saturated carbocycles. The smallest absolute Gasteiger partial charge is 0.167 e. The number of hydrogen-bond donors (Lipinski definition) is 2. The number of nitrogens with zero attached hydrogens (tertiary/aromatic N) is 1. The van der Waals surface area contributed by atoms with E-state index in [9.17, 15) is 4.79 Å². The summed E-state index contributed by atoms with van der Waals surface area (Å²) in [5.74, 6) is 0.221. The summed E-state index contributed by atoms with van der Waals surface area (Å²) >= 11 is 0. The standard InChI is InChI=1S/C8H11N3O/c9-4-3-7(12)6-2-1-5-11-8(6)10/h1-2,5H,3-4,9H2,(H2,10,11). The Balaban J connectivity index is 2.87. The Hall–Kier alpha value is -1.42. The first-order chi connectivity index (χ1) is 5.75. The van der Waals surface area contributed by atoms with Gasteiger partial charge in [0.05, 0.1) is 5.56 Å². The molecule has 0 aliphatic carbocycles. The minimum Gasteiger partial charge on any atom is -0.383 e. The van der Waals surface area contributed by atoms with Crippen molar-refractivity contribution in [1.29, 1.82) is 0 Å². The molecular weight excluding hydrogens is 154 g/mol. The third-order valence-electron chi connectivity index (χ3n) is 1.51. The van der Waals surface area contributed by atoms with Crippen LogP contribution in [0.15, 0.2) is 18.3 Å². The Bertz CT molecular complexity index is 285. The van der Waals surface area contributed by atoms with Crippen molar-refractivity contribution in [3.63, 3.8) is 0 Å². The van der Waals surface area contributed by atoms with E-state index in [1.165, 1.54) is 0 Å². The molecule has 1 heterocycles. The number of rotatable bonds is 3. The van der Waals surface area contributed by atoms with Gasteiger partial charge < -0.3 is 11.5 Å². The van der Waals surface area contributed by atoms with Crippen LogP contribution in [0.1, 0.15) is 16.8 Å². The summed E-state index contributed by atoms with van der Waals surface area (Å²) in [4.78, 5) is 15.1. The molecule has 0 radical (unpaired) electrons. The molecular formula is C8H11N3O. The molecule has 0 aliphatic heterocycles. The first-order valence-electron chi connectivity index (χ1n) is 3.69. The van der Waals surface area contributed by atoms with Gasteiger partial charge in [-0.15, -0.1) is 0 Å². The van der Waals surface area contributed by atoms with Gasteiger partial charge in [0.1, 0.15) is 5.82 Å². The lowest BCUT2D eigenvalue weighted by Crippen LogP contribution is -2.10. The van der Waals surface area contributed by atoms with Crippen LogP contribution in [0.5, 0.6) is 0 Å². The van der Waals surface area contributed by atoms with Crippen LogP contribution >= 0.6 is 0 Å². The van der Waals surface area contributed by atoms with Crippen LogP contribution in [0.25, 0.3) is 0 Å². The highest BCUT2D eigenvalue weighted by atomic mass is 16.1. The van der Waals surface area contributed by atoms with Crippen LogP contribution < -0.4 is 11.5 Å². The molecule has 0 fully saturated rings. The maximum absolute atomic E-state index is 11.3. The molecule has 0 bridgehead atoms. The second kappa shape index (κ2) is 3.82. The van der Waals surface area contributed by atoms with Crippen molar-refractivity contribution < 1.29 is 4.79 Å². The van der Waals surface area contributed by atoms with Crippen LogP contribution in [-0.4, -0.2) is 17.3 Å². The molecule has 1 aromatic rings. The quantitative estimate of drug-likeness (QED) is 0.626. The summed E-state index contributed by atoms with van der Waals surface area (Å²) in [7, 11) is 0. The predicted octanol–water partition coefficient (Wildman–Crippen LogP) is 0.195. The normalized spacial score (nSPS) is 9.75. The Morgan fingerprint density at radius 2 is 2.33 bits per heavy atom. The molecule has 0 amide bonds. The number of aromatic nitrogens is 1. The SMILES string of the molecule is NCCC(=O)c1cccnc1N. The van der Waals surface area contributed by atoms with Crippen molar-refractivity contribution in [2.75, 3.05) is 12.3 Å². The van der Waals surface area contributed by atoms with Gasteiger partial charge in [-0.3, -0.25) is 4.79 Å². The molecule has 0 aliphatic rings. The van der Waals surface area contributed by atoms with Gasteiger partial charge in [0.15, 0.2) is 5.78 Å². The van der Waals surface area contributed by atoms with E-state index in [1.54, 1.807) is 18.3 Å². The number of Topliss-reactive ketones (excluding diaryl/α,β-unsaturated/α-hetero) is 1. The van der Waals surface area contributed by atoms with Gasteiger partial charge in [0.25, 0.3) is 0 Å². The Kier molecular flexibility index (Phi) is 2.76. The summed E-state index contributed by atoms with van der Waals surface area (Å²) in [6.45, 7) is 0.340. The predicted molar refractivity (Wildman–Crippen MR) is 46.7 cm³/mol. The fourth-order valence-corrected chi connectivity index (χ4v) is 0.919. The van der Waals surface area contributed by atoms with Crippen molar-refractivity contribution >= 4 is 11.6 Å². The molecule has 1 rings (SSSR count). The molecule has 0 spiro atoms. The van der Waals surface area contributed by atoms with E-state index in [-0.39, 0.29) is 11.6 Å². The number of carbonyl (C=O) groups excluding carboxylic acids is 1. The summed E-state index contributed by atoms with van der Waals surface area (Å²) in [6.07, 6.45) is 1.87. The second-order valence-corrected chi connectivity index (χ2v) is 2.40. The van der Waals surface area contributed by atoms with Crippen LogP contribution in [0.3, 0.4) is 0 Å². The Morgan fingerprint density at radius 1 is 1.58 bits per heavy atom. The van der Waals surface area contributed by atoms with Gasteiger partial charge >= 0.3 is 0 Å². The average Bonchev–Trinajstić information content (AvgIpc) is 2.05. The van der Waals surface area contributed by atoms with E-state index >= 15 is 0 Å². The number of hydrogen-bond acceptors (Lipinski definition) is 4. The van der Waals surface area contributed by atoms with Crippen molar-refractivity contribution in [3.8, 4) is 0 Å². The van der Waals surface area contributed by atoms with Crippen molar-refractivity contribution in [1.82, 2.24) is 4.98 Å². The van der Waals surface area contributed by atoms with Crippen LogP contribution in [0, 0.1) is 0 Å². The van der Waals surface area contributed by atoms with Gasteiger partial charge in [0, 0.05) is 12.6 Å². The van der Waals surface area contributed by atoms with Crippen LogP contribution in [0.2, 0.25) is 0 Å². The maximum atomic E-state index is 11.3. The molecule has 12 heavy (non-hydrogen) atoms. The molecule has 0 atom stereocenters. The molecule has 1 aromatic heterocycles. The highest BCUT2D eigenvalue weighted by Crippen LogP contribution is 2.08. The van der Waals surface area contributed by atoms with Gasteiger partial charge in [-0.1, -0.05) is 0 Å². The summed E-state index contributed by atoms with van der Waals surface area (Å²) < 4.78 is 0. The lowest BCUT2D eigenvalue weighted by molar-refractivity contribution is 0.0986. The maximum Gasteiger partial charge on any atom is 0.167 e. The molecule has 64 valence electrons. The van der Waals surface area contributed by atoms with Crippen LogP contribution in [0.4, 0.5) is 5.82 Å². The van der Waals surface area contributed by atoms with E-state index in [2.05, 4.69) is 4.98 Å². The Morgan fingerprint density at radius 3 is 2.92 bits per heavy atom. The summed E-state index contributed by atoms with van der Waals surface area (Å²) in [6, 6.07) is 3.33. The van der Waals surface area contributed by atoms with E-state index < -0.39 is 0 Å².